The van der Waals surface area contributed by atoms with E-state index in [1.807, 2.05) is 30.3 Å². The van der Waals surface area contributed by atoms with Gasteiger partial charge in [-0.15, -0.1) is 0 Å². The van der Waals surface area contributed by atoms with Gasteiger partial charge in [-0.25, -0.2) is 4.98 Å². The molecule has 0 amide bonds. The zero-order valence-corrected chi connectivity index (χ0v) is 12.6. The molecule has 1 aliphatic rings. The minimum Gasteiger partial charge on any atom is -0.467 e. The van der Waals surface area contributed by atoms with E-state index in [4.69, 9.17) is 4.42 Å². The molecule has 3 aromatic rings. The molecule has 0 unspecified atom stereocenters. The quantitative estimate of drug-likeness (QED) is 0.727. The van der Waals surface area contributed by atoms with Crippen molar-refractivity contribution >= 4 is 11.8 Å². The van der Waals surface area contributed by atoms with Gasteiger partial charge in [-0.3, -0.25) is 4.98 Å². The van der Waals surface area contributed by atoms with Crippen LogP contribution >= 0.6 is 0 Å². The number of hydrogen-bond acceptors (Lipinski definition) is 6. The molecule has 3 heterocycles. The zero-order chi connectivity index (χ0) is 15.5. The largest absolute Gasteiger partial charge is 0.467 e. The number of aromatic nitrogens is 3. The summed E-state index contributed by atoms with van der Waals surface area (Å²) in [6.45, 7) is 0.583. The van der Waals surface area contributed by atoms with Crippen molar-refractivity contribution in [2.24, 2.45) is 0 Å². The SMILES string of the molecule is c1cncc(-c2cc(NCc3ccco3)nc(NC3CC3)n2)c1. The molecule has 0 radical (unpaired) electrons. The summed E-state index contributed by atoms with van der Waals surface area (Å²) in [5.41, 5.74) is 1.81. The predicted molar refractivity (Wildman–Crippen MR) is 87.9 cm³/mol. The maximum Gasteiger partial charge on any atom is 0.225 e. The lowest BCUT2D eigenvalue weighted by molar-refractivity contribution is 0.518. The molecule has 1 aliphatic carbocycles. The van der Waals surface area contributed by atoms with E-state index in [1.54, 1.807) is 18.7 Å². The summed E-state index contributed by atoms with van der Waals surface area (Å²) in [6, 6.07) is 10.1. The van der Waals surface area contributed by atoms with Gasteiger partial charge in [-0.2, -0.15) is 4.98 Å². The maximum absolute atomic E-state index is 5.34. The molecule has 3 aromatic heterocycles. The lowest BCUT2D eigenvalue weighted by atomic mass is 10.2. The van der Waals surface area contributed by atoms with Crippen molar-refractivity contribution in [3.63, 3.8) is 0 Å². The summed E-state index contributed by atoms with van der Waals surface area (Å²) in [5.74, 6) is 2.28. The highest BCUT2D eigenvalue weighted by Gasteiger charge is 2.22. The van der Waals surface area contributed by atoms with E-state index in [0.29, 0.717) is 18.5 Å². The molecule has 0 spiro atoms. The first-order valence-electron chi connectivity index (χ1n) is 7.69. The van der Waals surface area contributed by atoms with Crippen LogP contribution in [0.1, 0.15) is 18.6 Å². The normalized spacial score (nSPS) is 13.7. The van der Waals surface area contributed by atoms with Gasteiger partial charge in [-0.05, 0) is 37.1 Å². The lowest BCUT2D eigenvalue weighted by Gasteiger charge is -2.10. The molecule has 1 fully saturated rings. The number of rotatable bonds is 6. The molecule has 1 saturated carbocycles. The van der Waals surface area contributed by atoms with E-state index in [9.17, 15) is 0 Å². The van der Waals surface area contributed by atoms with Crippen LogP contribution < -0.4 is 10.6 Å². The van der Waals surface area contributed by atoms with Gasteiger partial charge in [0.1, 0.15) is 11.6 Å². The second-order valence-corrected chi connectivity index (χ2v) is 5.56. The molecule has 0 atom stereocenters. The minimum atomic E-state index is 0.497. The topological polar surface area (TPSA) is 75.9 Å². The Bertz CT molecular complexity index is 769. The van der Waals surface area contributed by atoms with Gasteiger partial charge >= 0.3 is 0 Å². The monoisotopic (exact) mass is 307 g/mol. The average Bonchev–Trinajstić information content (AvgIpc) is 3.25. The highest BCUT2D eigenvalue weighted by Crippen LogP contribution is 2.26. The van der Waals surface area contributed by atoms with Crippen LogP contribution in [-0.4, -0.2) is 21.0 Å². The molecule has 6 heteroatoms. The summed E-state index contributed by atoms with van der Waals surface area (Å²) < 4.78 is 5.34. The second kappa shape index (κ2) is 6.08. The van der Waals surface area contributed by atoms with Crippen molar-refractivity contribution in [2.75, 3.05) is 10.6 Å². The molecular formula is C17H17N5O. The fraction of sp³-hybridized carbons (Fsp3) is 0.235. The third-order valence-electron chi connectivity index (χ3n) is 3.62. The summed E-state index contributed by atoms with van der Waals surface area (Å²) >= 11 is 0. The third kappa shape index (κ3) is 3.48. The van der Waals surface area contributed by atoms with Gasteiger partial charge in [0.2, 0.25) is 5.95 Å². The molecule has 116 valence electrons. The highest BCUT2D eigenvalue weighted by atomic mass is 16.3. The summed E-state index contributed by atoms with van der Waals surface area (Å²) in [4.78, 5) is 13.3. The summed E-state index contributed by atoms with van der Waals surface area (Å²) in [7, 11) is 0. The Morgan fingerprint density at radius 1 is 1.17 bits per heavy atom. The minimum absolute atomic E-state index is 0.497. The van der Waals surface area contributed by atoms with E-state index >= 15 is 0 Å². The number of hydrogen-bond donors (Lipinski definition) is 2. The van der Waals surface area contributed by atoms with Crippen LogP contribution in [-0.2, 0) is 6.54 Å². The van der Waals surface area contributed by atoms with Gasteiger partial charge in [0.25, 0.3) is 0 Å². The molecule has 0 aromatic carbocycles. The molecule has 6 nitrogen and oxygen atoms in total. The first-order chi connectivity index (χ1) is 11.4. The van der Waals surface area contributed by atoms with E-state index in [1.165, 1.54) is 12.8 Å². The smallest absolute Gasteiger partial charge is 0.225 e. The summed E-state index contributed by atoms with van der Waals surface area (Å²) in [6.07, 6.45) is 7.58. The van der Waals surface area contributed by atoms with E-state index in [0.717, 1.165) is 22.8 Å². The Morgan fingerprint density at radius 2 is 2.13 bits per heavy atom. The van der Waals surface area contributed by atoms with Crippen LogP contribution in [0.3, 0.4) is 0 Å². The van der Waals surface area contributed by atoms with Crippen LogP contribution in [0.2, 0.25) is 0 Å². The van der Waals surface area contributed by atoms with Gasteiger partial charge < -0.3 is 15.1 Å². The Kier molecular flexibility index (Phi) is 3.63. The number of nitrogens with zero attached hydrogens (tertiary/aromatic N) is 3. The zero-order valence-electron chi connectivity index (χ0n) is 12.6. The van der Waals surface area contributed by atoms with E-state index < -0.39 is 0 Å². The van der Waals surface area contributed by atoms with Crippen molar-refractivity contribution in [3.8, 4) is 11.3 Å². The molecule has 0 bridgehead atoms. The van der Waals surface area contributed by atoms with Crippen LogP contribution in [0.4, 0.5) is 11.8 Å². The Hall–Kier alpha value is -2.89. The lowest BCUT2D eigenvalue weighted by Crippen LogP contribution is -2.09. The molecule has 4 rings (SSSR count). The number of nitrogens with one attached hydrogen (secondary N) is 2. The van der Waals surface area contributed by atoms with Crippen molar-refractivity contribution in [1.29, 1.82) is 0 Å². The second-order valence-electron chi connectivity index (χ2n) is 5.56. The van der Waals surface area contributed by atoms with Gasteiger partial charge in [0.05, 0.1) is 18.5 Å². The van der Waals surface area contributed by atoms with Crippen LogP contribution in [0.15, 0.2) is 53.4 Å². The number of pyridine rings is 1. The molecule has 0 saturated heterocycles. The van der Waals surface area contributed by atoms with Crippen molar-refractivity contribution < 1.29 is 4.42 Å². The van der Waals surface area contributed by atoms with Crippen LogP contribution in [0, 0.1) is 0 Å². The number of anilines is 2. The first-order valence-corrected chi connectivity index (χ1v) is 7.69. The highest BCUT2D eigenvalue weighted by molar-refractivity contribution is 5.63. The van der Waals surface area contributed by atoms with Crippen LogP contribution in [0.25, 0.3) is 11.3 Å². The van der Waals surface area contributed by atoms with E-state index in [-0.39, 0.29) is 0 Å². The predicted octanol–water partition coefficient (Wildman–Crippen LogP) is 3.32. The van der Waals surface area contributed by atoms with Crippen molar-refractivity contribution in [1.82, 2.24) is 15.0 Å². The number of furan rings is 1. The molecule has 2 N–H and O–H groups in total. The van der Waals surface area contributed by atoms with Gasteiger partial charge in [0, 0.05) is 30.1 Å². The van der Waals surface area contributed by atoms with E-state index in [2.05, 4.69) is 25.6 Å². The van der Waals surface area contributed by atoms with Crippen molar-refractivity contribution in [3.05, 3.63) is 54.7 Å². The molecule has 23 heavy (non-hydrogen) atoms. The Balaban J connectivity index is 1.61. The first kappa shape index (κ1) is 13.8. The molecule has 0 aliphatic heterocycles. The fourth-order valence-electron chi connectivity index (χ4n) is 2.27. The molecular weight excluding hydrogens is 290 g/mol. The Morgan fingerprint density at radius 3 is 2.87 bits per heavy atom. The summed E-state index contributed by atoms with van der Waals surface area (Å²) in [5, 5.41) is 6.64. The fourth-order valence-corrected chi connectivity index (χ4v) is 2.27. The van der Waals surface area contributed by atoms with Crippen molar-refractivity contribution in [2.45, 2.75) is 25.4 Å². The average molecular weight is 307 g/mol. The van der Waals surface area contributed by atoms with Gasteiger partial charge in [0.15, 0.2) is 0 Å². The Labute approximate surface area is 134 Å². The third-order valence-corrected chi connectivity index (χ3v) is 3.62. The van der Waals surface area contributed by atoms with Crippen LogP contribution in [0.5, 0.6) is 0 Å². The standard InChI is InChI=1S/C17H17N5O/c1-3-12(10-18-7-1)15-9-16(19-11-14-4-2-8-23-14)22-17(21-15)20-13-5-6-13/h1-4,7-10,13H,5-6,11H2,(H2,19,20,21,22). The van der Waals surface area contributed by atoms with Gasteiger partial charge in [-0.1, -0.05) is 0 Å². The maximum atomic E-state index is 5.34.